The molecule has 1 aliphatic rings. The monoisotopic (exact) mass is 275 g/mol. The summed E-state index contributed by atoms with van der Waals surface area (Å²) >= 11 is 0. The molecule has 106 valence electrons. The second kappa shape index (κ2) is 5.73. The number of rotatable bonds is 3. The minimum Gasteiger partial charge on any atom is -0.469 e. The van der Waals surface area contributed by atoms with Gasteiger partial charge in [0, 0.05) is 0 Å². The summed E-state index contributed by atoms with van der Waals surface area (Å²) in [6.07, 6.45) is 5.41. The summed E-state index contributed by atoms with van der Waals surface area (Å²) in [5.74, 6) is -0.869. The number of ether oxygens (including phenoxy) is 1. The summed E-state index contributed by atoms with van der Waals surface area (Å²) in [6.45, 7) is 0. The van der Waals surface area contributed by atoms with Gasteiger partial charge < -0.3 is 16.2 Å². The Morgan fingerprint density at radius 3 is 2.75 bits per heavy atom. The van der Waals surface area contributed by atoms with Gasteiger partial charge in [-0.25, -0.2) is 0 Å². The van der Waals surface area contributed by atoms with Crippen LogP contribution in [-0.4, -0.2) is 24.0 Å². The van der Waals surface area contributed by atoms with Crippen LogP contribution in [0.2, 0.25) is 0 Å². The van der Waals surface area contributed by atoms with E-state index < -0.39 is 5.91 Å². The topological polar surface area (TPSA) is 108 Å². The highest BCUT2D eigenvalue weighted by molar-refractivity contribution is 5.98. The number of hydrogen-bond acceptors (Lipinski definition) is 5. The maximum Gasteiger partial charge on any atom is 0.308 e. The van der Waals surface area contributed by atoms with Crippen molar-refractivity contribution in [2.24, 2.45) is 11.7 Å². The number of primary amides is 1. The molecular weight excluding hydrogens is 258 g/mol. The number of carbonyl (C=O) groups is 2. The third-order valence-corrected chi connectivity index (χ3v) is 3.47. The van der Waals surface area contributed by atoms with Gasteiger partial charge in [0.25, 0.3) is 5.91 Å². The second-order valence-corrected chi connectivity index (χ2v) is 4.74. The maximum absolute atomic E-state index is 11.5. The molecule has 0 saturated heterocycles. The number of carbonyl (C=O) groups excluding carboxylic acids is 2. The molecule has 0 bridgehead atoms. The lowest BCUT2D eigenvalue weighted by molar-refractivity contribution is -0.145. The lowest BCUT2D eigenvalue weighted by atomic mass is 9.88. The molecule has 6 nitrogen and oxygen atoms in total. The number of nitrogen functional groups attached to an aromatic ring is 1. The van der Waals surface area contributed by atoms with Crippen LogP contribution in [0.1, 0.15) is 35.3 Å². The highest BCUT2D eigenvalue weighted by Crippen LogP contribution is 2.30. The van der Waals surface area contributed by atoms with Crippen molar-refractivity contribution in [3.63, 3.8) is 0 Å². The Morgan fingerprint density at radius 1 is 1.45 bits per heavy atom. The van der Waals surface area contributed by atoms with E-state index in [0.717, 1.165) is 5.57 Å². The molecule has 0 spiro atoms. The fourth-order valence-electron chi connectivity index (χ4n) is 2.30. The number of methoxy groups -OCH3 is 1. The highest BCUT2D eigenvalue weighted by Gasteiger charge is 2.23. The fourth-order valence-corrected chi connectivity index (χ4v) is 2.30. The zero-order valence-corrected chi connectivity index (χ0v) is 11.3. The standard InChI is InChI=1S/C14H17N3O3/c1-20-14(19)9-4-2-8(3-5-9)12-6-10(13(16)18)11(15)7-17-12/h2,6-7,9H,3-5,15H2,1H3,(H2,16,18). The van der Waals surface area contributed by atoms with Crippen LogP contribution in [0, 0.1) is 5.92 Å². The molecule has 0 fully saturated rings. The van der Waals surface area contributed by atoms with E-state index in [1.807, 2.05) is 6.08 Å². The summed E-state index contributed by atoms with van der Waals surface area (Å²) in [5.41, 5.74) is 13.1. The third kappa shape index (κ3) is 2.79. The van der Waals surface area contributed by atoms with Crippen molar-refractivity contribution in [3.8, 4) is 0 Å². The molecule has 0 aliphatic heterocycles. The number of anilines is 1. The lowest BCUT2D eigenvalue weighted by Gasteiger charge is -2.19. The fraction of sp³-hybridized carbons (Fsp3) is 0.357. The van der Waals surface area contributed by atoms with E-state index in [0.29, 0.717) is 25.0 Å². The van der Waals surface area contributed by atoms with Crippen molar-refractivity contribution in [1.82, 2.24) is 4.98 Å². The van der Waals surface area contributed by atoms with Crippen molar-refractivity contribution in [3.05, 3.63) is 29.6 Å². The average Bonchev–Trinajstić information content (AvgIpc) is 2.47. The molecule has 6 heteroatoms. The predicted octanol–water partition coefficient (Wildman–Crippen LogP) is 1.12. The van der Waals surface area contributed by atoms with Crippen LogP contribution in [-0.2, 0) is 9.53 Å². The van der Waals surface area contributed by atoms with Gasteiger partial charge in [-0.1, -0.05) is 6.08 Å². The molecular formula is C14H17N3O3. The van der Waals surface area contributed by atoms with E-state index in [2.05, 4.69) is 4.98 Å². The van der Waals surface area contributed by atoms with Gasteiger partial charge in [-0.05, 0) is 30.9 Å². The summed E-state index contributed by atoms with van der Waals surface area (Å²) < 4.78 is 4.74. The third-order valence-electron chi connectivity index (χ3n) is 3.47. The molecule has 0 aromatic carbocycles. The van der Waals surface area contributed by atoms with Crippen LogP contribution in [0.15, 0.2) is 18.3 Å². The van der Waals surface area contributed by atoms with Crippen LogP contribution in [0.5, 0.6) is 0 Å². The first-order valence-electron chi connectivity index (χ1n) is 6.35. The Hall–Kier alpha value is -2.37. The van der Waals surface area contributed by atoms with Crippen LogP contribution >= 0.6 is 0 Å². The number of esters is 1. The number of allylic oxidation sites excluding steroid dienone is 2. The van der Waals surface area contributed by atoms with Crippen molar-refractivity contribution in [1.29, 1.82) is 0 Å². The number of nitrogens with zero attached hydrogens (tertiary/aromatic N) is 1. The first kappa shape index (κ1) is 14.0. The van der Waals surface area contributed by atoms with E-state index in [4.69, 9.17) is 16.2 Å². The van der Waals surface area contributed by atoms with Crippen LogP contribution < -0.4 is 11.5 Å². The number of pyridine rings is 1. The quantitative estimate of drug-likeness (QED) is 0.803. The van der Waals surface area contributed by atoms with Crippen molar-refractivity contribution >= 4 is 23.1 Å². The molecule has 1 amide bonds. The summed E-state index contributed by atoms with van der Waals surface area (Å²) in [4.78, 5) is 26.9. The Balaban J connectivity index is 2.22. The Morgan fingerprint density at radius 2 is 2.20 bits per heavy atom. The molecule has 1 aromatic heterocycles. The molecule has 0 saturated carbocycles. The average molecular weight is 275 g/mol. The summed E-state index contributed by atoms with van der Waals surface area (Å²) in [7, 11) is 1.39. The molecule has 2 rings (SSSR count). The minimum atomic E-state index is -0.574. The zero-order valence-electron chi connectivity index (χ0n) is 11.3. The van der Waals surface area contributed by atoms with Gasteiger partial charge in [-0.2, -0.15) is 0 Å². The van der Waals surface area contributed by atoms with E-state index in [-0.39, 0.29) is 23.1 Å². The highest BCUT2D eigenvalue weighted by atomic mass is 16.5. The largest absolute Gasteiger partial charge is 0.469 e. The van der Waals surface area contributed by atoms with Gasteiger partial charge in [0.1, 0.15) is 0 Å². The number of hydrogen-bond donors (Lipinski definition) is 2. The lowest BCUT2D eigenvalue weighted by Crippen LogP contribution is -2.18. The van der Waals surface area contributed by atoms with Crippen molar-refractivity contribution < 1.29 is 14.3 Å². The van der Waals surface area contributed by atoms with Crippen molar-refractivity contribution in [2.75, 3.05) is 12.8 Å². The van der Waals surface area contributed by atoms with Crippen molar-refractivity contribution in [2.45, 2.75) is 19.3 Å². The summed E-state index contributed by atoms with van der Waals surface area (Å²) in [6, 6.07) is 1.60. The Labute approximate surface area is 116 Å². The smallest absolute Gasteiger partial charge is 0.308 e. The predicted molar refractivity (Wildman–Crippen MR) is 74.5 cm³/mol. The molecule has 1 atom stereocenters. The van der Waals surface area contributed by atoms with E-state index in [1.54, 1.807) is 6.07 Å². The number of amides is 1. The van der Waals surface area contributed by atoms with Crippen LogP contribution in [0.3, 0.4) is 0 Å². The molecule has 1 aliphatic carbocycles. The molecule has 4 N–H and O–H groups in total. The first-order valence-corrected chi connectivity index (χ1v) is 6.35. The SMILES string of the molecule is COC(=O)C1CC=C(c2cc(C(N)=O)c(N)cn2)CC1. The molecule has 0 radical (unpaired) electrons. The first-order chi connectivity index (χ1) is 9.52. The summed E-state index contributed by atoms with van der Waals surface area (Å²) in [5, 5.41) is 0. The van der Waals surface area contributed by atoms with E-state index in [1.165, 1.54) is 13.3 Å². The van der Waals surface area contributed by atoms with Gasteiger partial charge in [-0.15, -0.1) is 0 Å². The van der Waals surface area contributed by atoms with Gasteiger partial charge >= 0.3 is 5.97 Å². The van der Waals surface area contributed by atoms with Crippen LogP contribution in [0.25, 0.3) is 5.57 Å². The van der Waals surface area contributed by atoms with Crippen LogP contribution in [0.4, 0.5) is 5.69 Å². The second-order valence-electron chi connectivity index (χ2n) is 4.74. The van der Waals surface area contributed by atoms with Gasteiger partial charge in [0.15, 0.2) is 0 Å². The molecule has 1 aromatic rings. The molecule has 20 heavy (non-hydrogen) atoms. The van der Waals surface area contributed by atoms with Gasteiger partial charge in [0.05, 0.1) is 36.2 Å². The van der Waals surface area contributed by atoms with Gasteiger partial charge in [-0.3, -0.25) is 14.6 Å². The zero-order chi connectivity index (χ0) is 14.7. The Kier molecular flexibility index (Phi) is 4.02. The number of aromatic nitrogens is 1. The maximum atomic E-state index is 11.5. The van der Waals surface area contributed by atoms with Gasteiger partial charge in [0.2, 0.25) is 0 Å². The molecule has 1 unspecified atom stereocenters. The Bertz CT molecular complexity index is 581. The van der Waals surface area contributed by atoms with E-state index in [9.17, 15) is 9.59 Å². The normalized spacial score (nSPS) is 18.2. The minimum absolute atomic E-state index is 0.104. The molecule has 1 heterocycles. The number of nitrogens with two attached hydrogens (primary N) is 2. The van der Waals surface area contributed by atoms with E-state index >= 15 is 0 Å².